The number of hydrogen-bond donors (Lipinski definition) is 1. The second kappa shape index (κ2) is 8.71. The van der Waals surface area contributed by atoms with Gasteiger partial charge in [-0.2, -0.15) is 0 Å². The highest BCUT2D eigenvalue weighted by Gasteiger charge is 2.17. The summed E-state index contributed by atoms with van der Waals surface area (Å²) in [6.07, 6.45) is 3.84. The van der Waals surface area contributed by atoms with Crippen molar-refractivity contribution in [1.29, 1.82) is 0 Å². The molecule has 0 heterocycles. The van der Waals surface area contributed by atoms with Crippen LogP contribution in [-0.2, 0) is 0 Å². The Labute approximate surface area is 120 Å². The Morgan fingerprint density at radius 1 is 1.11 bits per heavy atom. The Balaban J connectivity index is 2.80. The van der Waals surface area contributed by atoms with Gasteiger partial charge in [-0.1, -0.05) is 67.7 Å². The number of benzene rings is 1. The predicted octanol–water partition coefficient (Wildman–Crippen LogP) is 4.97. The third-order valence-corrected chi connectivity index (χ3v) is 4.48. The summed E-state index contributed by atoms with van der Waals surface area (Å²) < 4.78 is 1.25. The van der Waals surface area contributed by atoms with Crippen LogP contribution < -0.4 is 5.32 Å². The van der Waals surface area contributed by atoms with Crippen LogP contribution in [0.4, 0.5) is 0 Å². The van der Waals surface area contributed by atoms with Gasteiger partial charge in [0.25, 0.3) is 0 Å². The highest BCUT2D eigenvalue weighted by Crippen LogP contribution is 2.31. The second-order valence-corrected chi connectivity index (χ2v) is 5.80. The SMILES string of the molecule is CCNCC(CC(CC)CC)c1ccccc1Br. The van der Waals surface area contributed by atoms with Crippen molar-refractivity contribution in [3.05, 3.63) is 34.3 Å². The van der Waals surface area contributed by atoms with E-state index in [2.05, 4.69) is 66.3 Å². The number of halogens is 1. The maximum absolute atomic E-state index is 3.69. The van der Waals surface area contributed by atoms with Crippen LogP contribution in [0.25, 0.3) is 0 Å². The second-order valence-electron chi connectivity index (χ2n) is 4.94. The summed E-state index contributed by atoms with van der Waals surface area (Å²) in [5.41, 5.74) is 1.45. The number of likely N-dealkylation sites (N-methyl/N-ethyl adjacent to an activating group) is 1. The van der Waals surface area contributed by atoms with Crippen LogP contribution in [0.1, 0.15) is 51.5 Å². The lowest BCUT2D eigenvalue weighted by Crippen LogP contribution is -2.23. The third kappa shape index (κ3) is 4.74. The molecule has 0 saturated carbocycles. The minimum atomic E-state index is 0.616. The first-order chi connectivity index (χ1) is 8.72. The summed E-state index contributed by atoms with van der Waals surface area (Å²) in [5, 5.41) is 3.51. The lowest BCUT2D eigenvalue weighted by atomic mass is 9.86. The molecule has 0 aliphatic carbocycles. The first-order valence-corrected chi connectivity index (χ1v) is 7.97. The van der Waals surface area contributed by atoms with E-state index in [9.17, 15) is 0 Å². The van der Waals surface area contributed by atoms with Crippen LogP contribution in [0, 0.1) is 5.92 Å². The van der Waals surface area contributed by atoms with Crippen LogP contribution in [-0.4, -0.2) is 13.1 Å². The summed E-state index contributed by atoms with van der Waals surface area (Å²) >= 11 is 3.69. The van der Waals surface area contributed by atoms with E-state index < -0.39 is 0 Å². The molecule has 1 N–H and O–H groups in total. The maximum Gasteiger partial charge on any atom is 0.0210 e. The van der Waals surface area contributed by atoms with Gasteiger partial charge in [0.2, 0.25) is 0 Å². The standard InChI is InChI=1S/C16H26BrN/c1-4-13(5-2)11-14(12-18-6-3)15-9-7-8-10-16(15)17/h7-10,13-14,18H,4-6,11-12H2,1-3H3. The van der Waals surface area contributed by atoms with Gasteiger partial charge < -0.3 is 5.32 Å². The van der Waals surface area contributed by atoms with Crippen molar-refractivity contribution in [3.63, 3.8) is 0 Å². The topological polar surface area (TPSA) is 12.0 Å². The zero-order valence-corrected chi connectivity index (χ0v) is 13.5. The summed E-state index contributed by atoms with van der Waals surface area (Å²) in [4.78, 5) is 0. The fraction of sp³-hybridized carbons (Fsp3) is 0.625. The molecule has 0 saturated heterocycles. The highest BCUT2D eigenvalue weighted by atomic mass is 79.9. The van der Waals surface area contributed by atoms with E-state index >= 15 is 0 Å². The fourth-order valence-electron chi connectivity index (χ4n) is 2.47. The van der Waals surface area contributed by atoms with Crippen molar-refractivity contribution in [3.8, 4) is 0 Å². The Morgan fingerprint density at radius 3 is 2.33 bits per heavy atom. The molecular formula is C16H26BrN. The normalized spacial score (nSPS) is 12.9. The van der Waals surface area contributed by atoms with E-state index in [4.69, 9.17) is 0 Å². The molecule has 0 fully saturated rings. The van der Waals surface area contributed by atoms with Crippen molar-refractivity contribution in [2.45, 2.75) is 46.0 Å². The largest absolute Gasteiger partial charge is 0.316 e. The molecular weight excluding hydrogens is 286 g/mol. The smallest absolute Gasteiger partial charge is 0.0210 e. The third-order valence-electron chi connectivity index (χ3n) is 3.76. The van der Waals surface area contributed by atoms with Crippen molar-refractivity contribution in [1.82, 2.24) is 5.32 Å². The van der Waals surface area contributed by atoms with E-state index in [-0.39, 0.29) is 0 Å². The zero-order chi connectivity index (χ0) is 13.4. The number of hydrogen-bond acceptors (Lipinski definition) is 1. The Morgan fingerprint density at radius 2 is 1.78 bits per heavy atom. The molecule has 102 valence electrons. The van der Waals surface area contributed by atoms with E-state index in [0.29, 0.717) is 5.92 Å². The average molecular weight is 312 g/mol. The van der Waals surface area contributed by atoms with Gasteiger partial charge >= 0.3 is 0 Å². The molecule has 1 aromatic rings. The Bertz CT molecular complexity index is 334. The first kappa shape index (κ1) is 15.7. The van der Waals surface area contributed by atoms with Gasteiger partial charge in [0, 0.05) is 11.0 Å². The van der Waals surface area contributed by atoms with Gasteiger partial charge in [0.05, 0.1) is 0 Å². The quantitative estimate of drug-likeness (QED) is 0.715. The molecule has 0 bridgehead atoms. The molecule has 1 unspecified atom stereocenters. The molecule has 1 aromatic carbocycles. The number of rotatable bonds is 8. The van der Waals surface area contributed by atoms with Crippen molar-refractivity contribution in [2.75, 3.05) is 13.1 Å². The maximum atomic E-state index is 3.69. The van der Waals surface area contributed by atoms with Crippen LogP contribution in [0.2, 0.25) is 0 Å². The predicted molar refractivity (Wildman–Crippen MR) is 84.1 cm³/mol. The number of nitrogens with one attached hydrogen (secondary N) is 1. The molecule has 0 amide bonds. The zero-order valence-electron chi connectivity index (χ0n) is 11.9. The molecule has 18 heavy (non-hydrogen) atoms. The van der Waals surface area contributed by atoms with Crippen LogP contribution in [0.5, 0.6) is 0 Å². The van der Waals surface area contributed by atoms with Crippen LogP contribution in [0.3, 0.4) is 0 Å². The minimum Gasteiger partial charge on any atom is -0.316 e. The minimum absolute atomic E-state index is 0.616. The molecule has 0 aromatic heterocycles. The molecule has 0 aliphatic heterocycles. The van der Waals surface area contributed by atoms with Crippen molar-refractivity contribution >= 4 is 15.9 Å². The van der Waals surface area contributed by atoms with Crippen molar-refractivity contribution < 1.29 is 0 Å². The van der Waals surface area contributed by atoms with E-state index in [1.54, 1.807) is 0 Å². The lowest BCUT2D eigenvalue weighted by molar-refractivity contribution is 0.399. The fourth-order valence-corrected chi connectivity index (χ4v) is 3.08. The van der Waals surface area contributed by atoms with Crippen LogP contribution in [0.15, 0.2) is 28.7 Å². The van der Waals surface area contributed by atoms with Gasteiger partial charge in [-0.3, -0.25) is 0 Å². The monoisotopic (exact) mass is 311 g/mol. The summed E-state index contributed by atoms with van der Waals surface area (Å²) in [6, 6.07) is 8.65. The van der Waals surface area contributed by atoms with Gasteiger partial charge in [-0.05, 0) is 36.4 Å². The molecule has 1 rings (SSSR count). The van der Waals surface area contributed by atoms with Gasteiger partial charge in [-0.25, -0.2) is 0 Å². The molecule has 0 radical (unpaired) electrons. The van der Waals surface area contributed by atoms with Gasteiger partial charge in [-0.15, -0.1) is 0 Å². The highest BCUT2D eigenvalue weighted by molar-refractivity contribution is 9.10. The van der Waals surface area contributed by atoms with Crippen molar-refractivity contribution in [2.24, 2.45) is 5.92 Å². The molecule has 2 heteroatoms. The summed E-state index contributed by atoms with van der Waals surface area (Å²) in [7, 11) is 0. The Hall–Kier alpha value is -0.340. The average Bonchev–Trinajstić information content (AvgIpc) is 2.40. The summed E-state index contributed by atoms with van der Waals surface area (Å²) in [6.45, 7) is 8.91. The van der Waals surface area contributed by atoms with E-state index in [0.717, 1.165) is 19.0 Å². The molecule has 0 spiro atoms. The van der Waals surface area contributed by atoms with Gasteiger partial charge in [0.1, 0.15) is 0 Å². The Kier molecular flexibility index (Phi) is 7.60. The van der Waals surface area contributed by atoms with Gasteiger partial charge in [0.15, 0.2) is 0 Å². The molecule has 1 atom stereocenters. The molecule has 0 aliphatic rings. The van der Waals surface area contributed by atoms with E-state index in [1.165, 1.54) is 29.3 Å². The van der Waals surface area contributed by atoms with Crippen LogP contribution >= 0.6 is 15.9 Å². The summed E-state index contributed by atoms with van der Waals surface area (Å²) in [5.74, 6) is 1.45. The molecule has 1 nitrogen and oxygen atoms in total. The van der Waals surface area contributed by atoms with E-state index in [1.807, 2.05) is 0 Å². The first-order valence-electron chi connectivity index (χ1n) is 7.17. The lowest BCUT2D eigenvalue weighted by Gasteiger charge is -2.23.